The van der Waals surface area contributed by atoms with Gasteiger partial charge < -0.3 is 10.4 Å². The van der Waals surface area contributed by atoms with Crippen molar-refractivity contribution in [2.75, 3.05) is 5.32 Å². The lowest BCUT2D eigenvalue weighted by Crippen LogP contribution is -2.06. The standard InChI is InChI=1S/C14H14ClNO2S/c1-9(13-3-2-6-19-13)16-11-5-4-10(7-14(17)18)12(15)8-11/h2-6,8-9,16H,7H2,1H3,(H,17,18)/t9-/m0/s1. The van der Waals surface area contributed by atoms with Gasteiger partial charge in [0.2, 0.25) is 0 Å². The monoisotopic (exact) mass is 295 g/mol. The van der Waals surface area contributed by atoms with Crippen molar-refractivity contribution in [1.82, 2.24) is 0 Å². The largest absolute Gasteiger partial charge is 0.481 e. The Balaban J connectivity index is 2.10. The predicted octanol–water partition coefficient (Wildman–Crippen LogP) is 4.20. The summed E-state index contributed by atoms with van der Waals surface area (Å²) in [5, 5.41) is 14.6. The van der Waals surface area contributed by atoms with Crippen LogP contribution < -0.4 is 5.32 Å². The van der Waals surface area contributed by atoms with Gasteiger partial charge in [-0.05, 0) is 36.1 Å². The number of hydrogen-bond donors (Lipinski definition) is 2. The fraction of sp³-hybridized carbons (Fsp3) is 0.214. The third-order valence-corrected chi connectivity index (χ3v) is 4.15. The topological polar surface area (TPSA) is 49.3 Å². The Labute approximate surface area is 120 Å². The average Bonchev–Trinajstić information content (AvgIpc) is 2.86. The number of benzene rings is 1. The van der Waals surface area contributed by atoms with E-state index in [-0.39, 0.29) is 12.5 Å². The van der Waals surface area contributed by atoms with Crippen LogP contribution in [0.5, 0.6) is 0 Å². The molecule has 19 heavy (non-hydrogen) atoms. The quantitative estimate of drug-likeness (QED) is 0.869. The van der Waals surface area contributed by atoms with Gasteiger partial charge in [0.25, 0.3) is 0 Å². The normalized spacial score (nSPS) is 12.1. The molecule has 0 fully saturated rings. The van der Waals surface area contributed by atoms with Crippen LogP contribution in [-0.4, -0.2) is 11.1 Å². The molecule has 0 aliphatic rings. The average molecular weight is 296 g/mol. The first-order valence-corrected chi connectivity index (χ1v) is 7.12. The van der Waals surface area contributed by atoms with Crippen LogP contribution in [0.25, 0.3) is 0 Å². The lowest BCUT2D eigenvalue weighted by atomic mass is 10.1. The van der Waals surface area contributed by atoms with Crippen LogP contribution in [0.1, 0.15) is 23.4 Å². The minimum atomic E-state index is -0.880. The number of halogens is 1. The SMILES string of the molecule is C[C@H](Nc1ccc(CC(=O)O)c(Cl)c1)c1cccs1. The summed E-state index contributed by atoms with van der Waals surface area (Å²) in [5.41, 5.74) is 1.52. The third kappa shape index (κ3) is 3.72. The maximum atomic E-state index is 10.7. The second-order valence-corrected chi connectivity index (χ2v) is 5.64. The number of anilines is 1. The minimum Gasteiger partial charge on any atom is -0.481 e. The summed E-state index contributed by atoms with van der Waals surface area (Å²) in [4.78, 5) is 11.9. The maximum absolute atomic E-state index is 10.7. The maximum Gasteiger partial charge on any atom is 0.307 e. The van der Waals surface area contributed by atoms with Crippen molar-refractivity contribution in [3.8, 4) is 0 Å². The molecule has 2 rings (SSSR count). The van der Waals surface area contributed by atoms with Gasteiger partial charge in [0, 0.05) is 15.6 Å². The molecule has 100 valence electrons. The zero-order chi connectivity index (χ0) is 13.8. The van der Waals surface area contributed by atoms with Gasteiger partial charge in [0.1, 0.15) is 0 Å². The molecule has 0 spiro atoms. The van der Waals surface area contributed by atoms with E-state index in [9.17, 15) is 4.79 Å². The molecule has 0 saturated carbocycles. The van der Waals surface area contributed by atoms with Gasteiger partial charge in [-0.2, -0.15) is 0 Å². The molecule has 0 saturated heterocycles. The zero-order valence-corrected chi connectivity index (χ0v) is 12.0. The van der Waals surface area contributed by atoms with E-state index in [2.05, 4.69) is 18.3 Å². The smallest absolute Gasteiger partial charge is 0.307 e. The molecule has 0 aliphatic heterocycles. The third-order valence-electron chi connectivity index (χ3n) is 2.75. The lowest BCUT2D eigenvalue weighted by Gasteiger charge is -2.14. The highest BCUT2D eigenvalue weighted by Gasteiger charge is 2.09. The van der Waals surface area contributed by atoms with E-state index in [0.717, 1.165) is 5.69 Å². The first-order chi connectivity index (χ1) is 9.06. The van der Waals surface area contributed by atoms with E-state index in [1.165, 1.54) is 4.88 Å². The molecule has 0 amide bonds. The van der Waals surface area contributed by atoms with Crippen molar-refractivity contribution in [3.05, 3.63) is 51.2 Å². The molecule has 0 bridgehead atoms. The van der Waals surface area contributed by atoms with E-state index in [0.29, 0.717) is 10.6 Å². The van der Waals surface area contributed by atoms with E-state index in [1.54, 1.807) is 23.5 Å². The number of thiophene rings is 1. The molecule has 2 N–H and O–H groups in total. The molecular formula is C14H14ClNO2S. The van der Waals surface area contributed by atoms with Gasteiger partial charge in [-0.15, -0.1) is 11.3 Å². The number of carboxylic acid groups (broad SMARTS) is 1. The lowest BCUT2D eigenvalue weighted by molar-refractivity contribution is -0.136. The van der Waals surface area contributed by atoms with Crippen molar-refractivity contribution in [2.24, 2.45) is 0 Å². The molecule has 0 unspecified atom stereocenters. The van der Waals surface area contributed by atoms with Gasteiger partial charge in [0.05, 0.1) is 12.5 Å². The molecule has 5 heteroatoms. The van der Waals surface area contributed by atoms with E-state index in [4.69, 9.17) is 16.7 Å². The number of carbonyl (C=O) groups is 1. The van der Waals surface area contributed by atoms with Gasteiger partial charge in [-0.3, -0.25) is 4.79 Å². The Morgan fingerprint density at radius 3 is 2.84 bits per heavy atom. The molecule has 0 radical (unpaired) electrons. The molecule has 1 aromatic heterocycles. The van der Waals surface area contributed by atoms with Crippen LogP contribution in [0.2, 0.25) is 5.02 Å². The van der Waals surface area contributed by atoms with Crippen molar-refractivity contribution in [3.63, 3.8) is 0 Å². The Hall–Kier alpha value is -1.52. The highest BCUT2D eigenvalue weighted by molar-refractivity contribution is 7.10. The molecule has 0 aliphatic carbocycles. The van der Waals surface area contributed by atoms with Crippen LogP contribution in [0, 0.1) is 0 Å². The number of hydrogen-bond acceptors (Lipinski definition) is 3. The fourth-order valence-corrected chi connectivity index (χ4v) is 2.78. The summed E-state index contributed by atoms with van der Waals surface area (Å²) < 4.78 is 0. The number of rotatable bonds is 5. The van der Waals surface area contributed by atoms with Crippen LogP contribution in [0.3, 0.4) is 0 Å². The van der Waals surface area contributed by atoms with E-state index in [1.807, 2.05) is 17.5 Å². The highest BCUT2D eigenvalue weighted by Crippen LogP contribution is 2.26. The molecule has 1 atom stereocenters. The first-order valence-electron chi connectivity index (χ1n) is 5.86. The Bertz CT molecular complexity index is 569. The van der Waals surface area contributed by atoms with Gasteiger partial charge in [0.15, 0.2) is 0 Å². The van der Waals surface area contributed by atoms with Crippen molar-refractivity contribution < 1.29 is 9.90 Å². The summed E-state index contributed by atoms with van der Waals surface area (Å²) in [6, 6.07) is 9.66. The zero-order valence-electron chi connectivity index (χ0n) is 10.4. The van der Waals surface area contributed by atoms with E-state index < -0.39 is 5.97 Å². The van der Waals surface area contributed by atoms with Crippen LogP contribution in [0.15, 0.2) is 35.7 Å². The number of carboxylic acids is 1. The first kappa shape index (κ1) is 13.9. The fourth-order valence-electron chi connectivity index (χ4n) is 1.80. The predicted molar refractivity (Wildman–Crippen MR) is 79.1 cm³/mol. The summed E-state index contributed by atoms with van der Waals surface area (Å²) in [6.45, 7) is 2.07. The number of aliphatic carboxylic acids is 1. The van der Waals surface area contributed by atoms with E-state index >= 15 is 0 Å². The van der Waals surface area contributed by atoms with Gasteiger partial charge >= 0.3 is 5.97 Å². The van der Waals surface area contributed by atoms with Crippen LogP contribution >= 0.6 is 22.9 Å². The van der Waals surface area contributed by atoms with Gasteiger partial charge in [-0.1, -0.05) is 23.7 Å². The van der Waals surface area contributed by atoms with Crippen LogP contribution in [0.4, 0.5) is 5.69 Å². The summed E-state index contributed by atoms with van der Waals surface area (Å²) in [7, 11) is 0. The van der Waals surface area contributed by atoms with Crippen molar-refractivity contribution >= 4 is 34.6 Å². The second kappa shape index (κ2) is 6.08. The van der Waals surface area contributed by atoms with Crippen molar-refractivity contribution in [1.29, 1.82) is 0 Å². The molecule has 1 heterocycles. The Morgan fingerprint density at radius 2 is 2.26 bits per heavy atom. The summed E-state index contributed by atoms with van der Waals surface area (Å²) in [5.74, 6) is -0.880. The minimum absolute atomic E-state index is 0.0560. The molecular weight excluding hydrogens is 282 g/mol. The molecule has 2 aromatic rings. The summed E-state index contributed by atoms with van der Waals surface area (Å²) >= 11 is 7.77. The highest BCUT2D eigenvalue weighted by atomic mass is 35.5. The molecule has 3 nitrogen and oxygen atoms in total. The van der Waals surface area contributed by atoms with Gasteiger partial charge in [-0.25, -0.2) is 0 Å². The Morgan fingerprint density at radius 1 is 1.47 bits per heavy atom. The summed E-state index contributed by atoms with van der Waals surface area (Å²) in [6.07, 6.45) is -0.0560. The van der Waals surface area contributed by atoms with Crippen molar-refractivity contribution in [2.45, 2.75) is 19.4 Å². The van der Waals surface area contributed by atoms with Crippen LogP contribution in [-0.2, 0) is 11.2 Å². The molecule has 1 aromatic carbocycles. The second-order valence-electron chi connectivity index (χ2n) is 4.26. The number of nitrogens with one attached hydrogen (secondary N) is 1. The Kier molecular flexibility index (Phi) is 4.45.